The molecule has 11 nitrogen and oxygen atoms in total. The van der Waals surface area contributed by atoms with Crippen LogP contribution in [0.4, 0.5) is 11.6 Å². The van der Waals surface area contributed by atoms with E-state index in [9.17, 15) is 9.59 Å². The number of pyridine rings is 1. The summed E-state index contributed by atoms with van der Waals surface area (Å²) >= 11 is 0. The van der Waals surface area contributed by atoms with Crippen LogP contribution in [0.1, 0.15) is 27.8 Å². The SMILES string of the molecule is CNC(=O)c1cc(Oc2ccc3c(c2)nc(Nc2ccc(C(=O)N4C[C@@H](CN(C)C)OC[C@@H]4C)cc2)n3C)ccn1. The lowest BCUT2D eigenvalue weighted by molar-refractivity contribution is -0.0546. The van der Waals surface area contributed by atoms with Gasteiger partial charge >= 0.3 is 0 Å². The van der Waals surface area contributed by atoms with Crippen LogP contribution in [0.25, 0.3) is 11.0 Å². The lowest BCUT2D eigenvalue weighted by atomic mass is 10.1. The van der Waals surface area contributed by atoms with E-state index < -0.39 is 0 Å². The van der Waals surface area contributed by atoms with Gasteiger partial charge in [-0.3, -0.25) is 14.6 Å². The highest BCUT2D eigenvalue weighted by Crippen LogP contribution is 2.28. The number of hydrogen-bond acceptors (Lipinski definition) is 8. The minimum Gasteiger partial charge on any atom is -0.457 e. The molecule has 11 heteroatoms. The van der Waals surface area contributed by atoms with E-state index in [1.807, 2.05) is 80.0 Å². The third kappa shape index (κ3) is 6.31. The van der Waals surface area contributed by atoms with Gasteiger partial charge in [-0.1, -0.05) is 0 Å². The molecule has 2 aromatic heterocycles. The molecule has 1 aliphatic rings. The van der Waals surface area contributed by atoms with E-state index in [1.165, 1.54) is 6.20 Å². The molecule has 0 bridgehead atoms. The van der Waals surface area contributed by atoms with Crippen LogP contribution in [-0.2, 0) is 11.8 Å². The molecule has 0 unspecified atom stereocenters. The molecule has 0 radical (unpaired) electrons. The maximum atomic E-state index is 13.3. The van der Waals surface area contributed by atoms with Crippen LogP contribution >= 0.6 is 0 Å². The van der Waals surface area contributed by atoms with E-state index in [0.717, 1.165) is 23.3 Å². The van der Waals surface area contributed by atoms with Crippen LogP contribution in [0.3, 0.4) is 0 Å². The van der Waals surface area contributed by atoms with E-state index >= 15 is 0 Å². The molecule has 214 valence electrons. The molecule has 2 N–H and O–H groups in total. The number of carbonyl (C=O) groups is 2. The number of nitrogens with zero attached hydrogens (tertiary/aromatic N) is 5. The summed E-state index contributed by atoms with van der Waals surface area (Å²) in [6.45, 7) is 3.89. The standard InChI is InChI=1S/C30H35N7O4/c1-19-18-40-24(16-35(3)4)17-37(19)29(39)20-6-8-21(9-7-20)33-30-34-25-14-22(10-11-27(25)36(30)5)41-23-12-13-32-26(15-23)28(38)31-2/h6-15,19,24H,16-18H2,1-5H3,(H,31,38)(H,33,34)/t19-,24+/m0/s1. The third-order valence-electron chi connectivity index (χ3n) is 7.00. The van der Waals surface area contributed by atoms with Gasteiger partial charge in [0.15, 0.2) is 0 Å². The number of fused-ring (bicyclic) bond motifs is 1. The number of imidazole rings is 1. The quantitative estimate of drug-likeness (QED) is 0.338. The maximum Gasteiger partial charge on any atom is 0.269 e. The van der Waals surface area contributed by atoms with E-state index in [4.69, 9.17) is 14.5 Å². The van der Waals surface area contributed by atoms with Gasteiger partial charge in [0, 0.05) is 56.8 Å². The Morgan fingerprint density at radius 2 is 1.85 bits per heavy atom. The topological polar surface area (TPSA) is 114 Å². The minimum absolute atomic E-state index is 0.000661. The number of anilines is 2. The molecule has 3 heterocycles. The van der Waals surface area contributed by atoms with Crippen molar-refractivity contribution in [2.45, 2.75) is 19.1 Å². The normalized spacial score (nSPS) is 17.1. The largest absolute Gasteiger partial charge is 0.457 e. The zero-order valence-electron chi connectivity index (χ0n) is 23.9. The van der Waals surface area contributed by atoms with E-state index in [1.54, 1.807) is 19.2 Å². The zero-order chi connectivity index (χ0) is 29.1. The molecular formula is C30H35N7O4. The van der Waals surface area contributed by atoms with Gasteiger partial charge in [-0.2, -0.15) is 0 Å². The molecule has 0 aliphatic carbocycles. The van der Waals surface area contributed by atoms with Crippen LogP contribution < -0.4 is 15.4 Å². The third-order valence-corrected chi connectivity index (χ3v) is 7.00. The number of morpholine rings is 1. The summed E-state index contributed by atoms with van der Waals surface area (Å²) in [4.78, 5) is 38.0. The van der Waals surface area contributed by atoms with Crippen LogP contribution in [0.15, 0.2) is 60.8 Å². The zero-order valence-corrected chi connectivity index (χ0v) is 23.9. The van der Waals surface area contributed by atoms with Crippen molar-refractivity contribution in [3.63, 3.8) is 0 Å². The number of amides is 2. The first-order chi connectivity index (χ1) is 19.7. The van der Waals surface area contributed by atoms with Gasteiger partial charge in [0.2, 0.25) is 5.95 Å². The molecule has 1 fully saturated rings. The Morgan fingerprint density at radius 1 is 1.10 bits per heavy atom. The van der Waals surface area contributed by atoms with E-state index in [-0.39, 0.29) is 29.7 Å². The van der Waals surface area contributed by atoms with Crippen molar-refractivity contribution in [3.8, 4) is 11.5 Å². The maximum absolute atomic E-state index is 13.3. The van der Waals surface area contributed by atoms with Crippen molar-refractivity contribution in [1.82, 2.24) is 29.7 Å². The highest BCUT2D eigenvalue weighted by molar-refractivity contribution is 5.95. The average molecular weight is 558 g/mol. The van der Waals surface area contributed by atoms with Gasteiger partial charge < -0.3 is 34.5 Å². The number of nitrogens with one attached hydrogen (secondary N) is 2. The number of ether oxygens (including phenoxy) is 2. The molecule has 4 aromatic rings. The van der Waals surface area contributed by atoms with Gasteiger partial charge in [0.25, 0.3) is 11.8 Å². The fraction of sp³-hybridized carbons (Fsp3) is 0.333. The van der Waals surface area contributed by atoms with Gasteiger partial charge in [-0.25, -0.2) is 4.98 Å². The highest BCUT2D eigenvalue weighted by atomic mass is 16.5. The average Bonchev–Trinajstić information content (AvgIpc) is 3.27. The number of hydrogen-bond donors (Lipinski definition) is 2. The lowest BCUT2D eigenvalue weighted by Gasteiger charge is -2.39. The number of likely N-dealkylation sites (N-methyl/N-ethyl adjacent to an activating group) is 1. The van der Waals surface area contributed by atoms with Gasteiger partial charge in [-0.05, 0) is 63.5 Å². The Morgan fingerprint density at radius 3 is 2.59 bits per heavy atom. The van der Waals surface area contributed by atoms with Crippen molar-refractivity contribution < 1.29 is 19.1 Å². The van der Waals surface area contributed by atoms with Gasteiger partial charge in [-0.15, -0.1) is 0 Å². The molecule has 2 atom stereocenters. The first-order valence-corrected chi connectivity index (χ1v) is 13.5. The second kappa shape index (κ2) is 11.9. The summed E-state index contributed by atoms with van der Waals surface area (Å²) < 4.78 is 13.8. The molecule has 5 rings (SSSR count). The Kier molecular flexibility index (Phi) is 8.18. The van der Waals surface area contributed by atoms with Crippen molar-refractivity contribution >= 4 is 34.5 Å². The van der Waals surface area contributed by atoms with Crippen LogP contribution in [0.5, 0.6) is 11.5 Å². The molecular weight excluding hydrogens is 522 g/mol. The summed E-state index contributed by atoms with van der Waals surface area (Å²) in [5.74, 6) is 1.46. The Hall–Kier alpha value is -4.48. The van der Waals surface area contributed by atoms with Gasteiger partial charge in [0.05, 0.1) is 29.8 Å². The smallest absolute Gasteiger partial charge is 0.269 e. The van der Waals surface area contributed by atoms with Crippen LogP contribution in [0, 0.1) is 0 Å². The van der Waals surface area contributed by atoms with Gasteiger partial charge in [0.1, 0.15) is 17.2 Å². The molecule has 2 aromatic carbocycles. The lowest BCUT2D eigenvalue weighted by Crippen LogP contribution is -2.53. The summed E-state index contributed by atoms with van der Waals surface area (Å²) in [6, 6.07) is 16.4. The molecule has 41 heavy (non-hydrogen) atoms. The summed E-state index contributed by atoms with van der Waals surface area (Å²) in [7, 11) is 7.49. The number of benzene rings is 2. The first-order valence-electron chi connectivity index (χ1n) is 13.5. The fourth-order valence-corrected chi connectivity index (χ4v) is 4.83. The highest BCUT2D eigenvalue weighted by Gasteiger charge is 2.30. The summed E-state index contributed by atoms with van der Waals surface area (Å²) in [5, 5.41) is 5.90. The molecule has 1 aliphatic heterocycles. The Balaban J connectivity index is 1.28. The van der Waals surface area contributed by atoms with Crippen molar-refractivity contribution in [2.75, 3.05) is 46.2 Å². The number of aryl methyl sites for hydroxylation is 1. The van der Waals surface area contributed by atoms with E-state index in [2.05, 4.69) is 20.5 Å². The fourth-order valence-electron chi connectivity index (χ4n) is 4.83. The molecule has 0 spiro atoms. The Bertz CT molecular complexity index is 1550. The Labute approximate surface area is 239 Å². The minimum atomic E-state index is -0.284. The number of rotatable bonds is 8. The first kappa shape index (κ1) is 28.1. The summed E-state index contributed by atoms with van der Waals surface area (Å²) in [6.07, 6.45) is 1.53. The van der Waals surface area contributed by atoms with Crippen LogP contribution in [0.2, 0.25) is 0 Å². The predicted molar refractivity (Wildman–Crippen MR) is 157 cm³/mol. The van der Waals surface area contributed by atoms with Crippen molar-refractivity contribution in [1.29, 1.82) is 0 Å². The molecule has 2 amide bonds. The van der Waals surface area contributed by atoms with Crippen LogP contribution in [-0.4, -0.2) is 89.1 Å². The molecule has 1 saturated heterocycles. The second-order valence-electron chi connectivity index (χ2n) is 10.4. The van der Waals surface area contributed by atoms with E-state index in [0.29, 0.717) is 36.2 Å². The van der Waals surface area contributed by atoms with Crippen molar-refractivity contribution in [3.05, 3.63) is 72.1 Å². The summed E-state index contributed by atoms with van der Waals surface area (Å²) in [5.41, 5.74) is 3.39. The monoisotopic (exact) mass is 557 g/mol. The molecule has 0 saturated carbocycles. The number of aromatic nitrogens is 3. The van der Waals surface area contributed by atoms with Crippen molar-refractivity contribution in [2.24, 2.45) is 7.05 Å². The second-order valence-corrected chi connectivity index (χ2v) is 10.4. The number of carbonyl (C=O) groups excluding carboxylic acids is 2. The predicted octanol–water partition coefficient (Wildman–Crippen LogP) is 3.65.